The molecule has 0 bridgehead atoms. The Kier molecular flexibility index (Phi) is 2.31. The van der Waals surface area contributed by atoms with Crippen molar-refractivity contribution in [3.63, 3.8) is 0 Å². The smallest absolute Gasteiger partial charge is 0.197 e. The van der Waals surface area contributed by atoms with E-state index in [1.54, 1.807) is 16.5 Å². The highest BCUT2D eigenvalue weighted by molar-refractivity contribution is 6.32. The Morgan fingerprint density at radius 1 is 1.57 bits per heavy atom. The second kappa shape index (κ2) is 3.48. The normalized spacial score (nSPS) is 11.0. The van der Waals surface area contributed by atoms with Gasteiger partial charge in [0.2, 0.25) is 0 Å². The van der Waals surface area contributed by atoms with E-state index in [9.17, 15) is 5.11 Å². The minimum absolute atomic E-state index is 0.146. The molecule has 0 amide bonds. The molecule has 2 aromatic heterocycles. The molecule has 2 N–H and O–H groups in total. The highest BCUT2D eigenvalue weighted by Crippen LogP contribution is 2.22. The molecule has 74 valence electrons. The van der Waals surface area contributed by atoms with Crippen LogP contribution in [-0.2, 0) is 6.54 Å². The summed E-state index contributed by atoms with van der Waals surface area (Å²) in [6.45, 7) is 0.561. The number of halogens is 1. The number of aromatic hydroxyl groups is 1. The fraction of sp³-hybridized carbons (Fsp3) is 0.222. The lowest BCUT2D eigenvalue weighted by atomic mass is 10.4. The van der Waals surface area contributed by atoms with Crippen LogP contribution in [0.4, 0.5) is 0 Å². The summed E-state index contributed by atoms with van der Waals surface area (Å²) in [5.74, 6) is 0.845. The van der Waals surface area contributed by atoms with Gasteiger partial charge in [0.25, 0.3) is 0 Å². The topological polar surface area (TPSA) is 49.6 Å². The number of hydrogen-bond donors (Lipinski definition) is 2. The zero-order valence-electron chi connectivity index (χ0n) is 7.66. The number of fused-ring (bicyclic) bond motifs is 1. The second-order valence-corrected chi connectivity index (χ2v) is 3.31. The first kappa shape index (κ1) is 9.30. The number of hydrogen-bond acceptors (Lipinski definition) is 3. The van der Waals surface area contributed by atoms with Crippen LogP contribution in [0.25, 0.3) is 5.52 Å². The van der Waals surface area contributed by atoms with Crippen molar-refractivity contribution >= 4 is 17.1 Å². The van der Waals surface area contributed by atoms with Crippen LogP contribution in [0.15, 0.2) is 18.2 Å². The molecule has 0 fully saturated rings. The van der Waals surface area contributed by atoms with Crippen LogP contribution in [0.3, 0.4) is 0 Å². The molecule has 0 radical (unpaired) electrons. The fourth-order valence-corrected chi connectivity index (χ4v) is 1.67. The maximum absolute atomic E-state index is 9.63. The van der Waals surface area contributed by atoms with E-state index >= 15 is 0 Å². The summed E-state index contributed by atoms with van der Waals surface area (Å²) < 4.78 is 1.62. The summed E-state index contributed by atoms with van der Waals surface area (Å²) in [4.78, 5) is 4.15. The van der Waals surface area contributed by atoms with Crippen LogP contribution >= 0.6 is 11.6 Å². The number of aromatic nitrogens is 2. The first-order chi connectivity index (χ1) is 6.74. The summed E-state index contributed by atoms with van der Waals surface area (Å²) in [7, 11) is 1.81. The molecule has 0 saturated carbocycles. The Labute approximate surface area is 86.1 Å². The van der Waals surface area contributed by atoms with E-state index in [1.165, 1.54) is 0 Å². The molecule has 0 aliphatic heterocycles. The Balaban J connectivity index is 2.72. The third-order valence-electron chi connectivity index (χ3n) is 2.00. The molecule has 0 saturated heterocycles. The van der Waals surface area contributed by atoms with E-state index in [1.807, 2.05) is 13.1 Å². The van der Waals surface area contributed by atoms with Crippen LogP contribution in [0.2, 0.25) is 5.15 Å². The Bertz CT molecular complexity index is 466. The lowest BCUT2D eigenvalue weighted by Crippen LogP contribution is -2.08. The predicted octanol–water partition coefficient (Wildman–Crippen LogP) is 1.41. The average molecular weight is 212 g/mol. The molecule has 0 spiro atoms. The van der Waals surface area contributed by atoms with Crippen LogP contribution < -0.4 is 5.32 Å². The summed E-state index contributed by atoms with van der Waals surface area (Å²) in [5, 5.41) is 13.0. The monoisotopic (exact) mass is 211 g/mol. The van der Waals surface area contributed by atoms with Gasteiger partial charge >= 0.3 is 0 Å². The first-order valence-corrected chi connectivity index (χ1v) is 4.61. The molecule has 0 unspecified atom stereocenters. The zero-order valence-corrected chi connectivity index (χ0v) is 8.41. The number of rotatable bonds is 2. The molecule has 2 rings (SSSR count). The van der Waals surface area contributed by atoms with Crippen molar-refractivity contribution < 1.29 is 5.11 Å². The quantitative estimate of drug-likeness (QED) is 0.790. The molecule has 2 heterocycles. The van der Waals surface area contributed by atoms with Crippen LogP contribution in [0.5, 0.6) is 5.88 Å². The Morgan fingerprint density at radius 2 is 2.36 bits per heavy atom. The third kappa shape index (κ3) is 1.32. The van der Waals surface area contributed by atoms with Crippen molar-refractivity contribution in [3.05, 3.63) is 29.2 Å². The van der Waals surface area contributed by atoms with Gasteiger partial charge in [-0.3, -0.25) is 4.40 Å². The van der Waals surface area contributed by atoms with Gasteiger partial charge in [-0.25, -0.2) is 4.98 Å². The predicted molar refractivity (Wildman–Crippen MR) is 54.6 cm³/mol. The van der Waals surface area contributed by atoms with Gasteiger partial charge in [0, 0.05) is 0 Å². The van der Waals surface area contributed by atoms with E-state index in [2.05, 4.69) is 10.3 Å². The zero-order chi connectivity index (χ0) is 10.1. The molecule has 0 aliphatic rings. The van der Waals surface area contributed by atoms with Gasteiger partial charge < -0.3 is 10.4 Å². The number of pyridine rings is 1. The average Bonchev–Trinajstić information content (AvgIpc) is 2.46. The van der Waals surface area contributed by atoms with Crippen molar-refractivity contribution in [1.29, 1.82) is 0 Å². The highest BCUT2D eigenvalue weighted by Gasteiger charge is 2.10. The van der Waals surface area contributed by atoms with Gasteiger partial charge in [0.05, 0.1) is 12.1 Å². The highest BCUT2D eigenvalue weighted by atomic mass is 35.5. The lowest BCUT2D eigenvalue weighted by molar-refractivity contribution is 0.442. The van der Waals surface area contributed by atoms with Crippen molar-refractivity contribution in [2.45, 2.75) is 6.54 Å². The Morgan fingerprint density at radius 3 is 3.07 bits per heavy atom. The minimum atomic E-state index is 0.146. The molecule has 0 aromatic carbocycles. The summed E-state index contributed by atoms with van der Waals surface area (Å²) in [6, 6.07) is 5.15. The van der Waals surface area contributed by atoms with Crippen LogP contribution in [-0.4, -0.2) is 21.5 Å². The molecular weight excluding hydrogens is 202 g/mol. The maximum atomic E-state index is 9.63. The summed E-state index contributed by atoms with van der Waals surface area (Å²) >= 11 is 5.91. The first-order valence-electron chi connectivity index (χ1n) is 4.23. The van der Waals surface area contributed by atoms with Gasteiger partial charge in [0.15, 0.2) is 11.0 Å². The van der Waals surface area contributed by atoms with E-state index < -0.39 is 0 Å². The van der Waals surface area contributed by atoms with Crippen molar-refractivity contribution in [2.24, 2.45) is 0 Å². The van der Waals surface area contributed by atoms with E-state index in [0.717, 1.165) is 5.52 Å². The molecular formula is C9H10ClN3O. The van der Waals surface area contributed by atoms with Gasteiger partial charge in [-0.05, 0) is 19.2 Å². The SMILES string of the molecule is CNCc1nc(Cl)c2cccc(O)n12. The van der Waals surface area contributed by atoms with Crippen molar-refractivity contribution in [1.82, 2.24) is 14.7 Å². The van der Waals surface area contributed by atoms with Gasteiger partial charge in [-0.1, -0.05) is 17.7 Å². The van der Waals surface area contributed by atoms with Gasteiger partial charge in [-0.2, -0.15) is 0 Å². The third-order valence-corrected chi connectivity index (χ3v) is 2.28. The lowest BCUT2D eigenvalue weighted by Gasteiger charge is -2.01. The molecule has 14 heavy (non-hydrogen) atoms. The summed E-state index contributed by atoms with van der Waals surface area (Å²) in [5.41, 5.74) is 0.719. The largest absolute Gasteiger partial charge is 0.494 e. The number of nitrogens with zero attached hydrogens (tertiary/aromatic N) is 2. The minimum Gasteiger partial charge on any atom is -0.494 e. The molecule has 2 aromatic rings. The van der Waals surface area contributed by atoms with E-state index in [-0.39, 0.29) is 5.88 Å². The summed E-state index contributed by atoms with van der Waals surface area (Å²) in [6.07, 6.45) is 0. The number of imidazole rings is 1. The van der Waals surface area contributed by atoms with E-state index in [0.29, 0.717) is 17.5 Å². The molecule has 0 aliphatic carbocycles. The van der Waals surface area contributed by atoms with Crippen molar-refractivity contribution in [2.75, 3.05) is 7.05 Å². The van der Waals surface area contributed by atoms with Crippen LogP contribution in [0, 0.1) is 0 Å². The standard InChI is InChI=1S/C9H10ClN3O/c1-11-5-7-12-9(10)6-3-2-4-8(14)13(6)7/h2-4,11,14H,5H2,1H3. The van der Waals surface area contributed by atoms with Gasteiger partial charge in [0.1, 0.15) is 5.82 Å². The van der Waals surface area contributed by atoms with E-state index in [4.69, 9.17) is 11.6 Å². The maximum Gasteiger partial charge on any atom is 0.197 e. The van der Waals surface area contributed by atoms with Gasteiger partial charge in [-0.15, -0.1) is 0 Å². The molecule has 4 nitrogen and oxygen atoms in total. The molecule has 0 atom stereocenters. The van der Waals surface area contributed by atoms with Crippen molar-refractivity contribution in [3.8, 4) is 5.88 Å². The van der Waals surface area contributed by atoms with Crippen LogP contribution in [0.1, 0.15) is 5.82 Å². The number of nitrogens with one attached hydrogen (secondary N) is 1. The molecule has 5 heteroatoms. The Hall–Kier alpha value is -1.26. The fourth-order valence-electron chi connectivity index (χ4n) is 1.43. The second-order valence-electron chi connectivity index (χ2n) is 2.95.